The number of hydrogen-bond donors (Lipinski definition) is 1. The molecule has 0 aromatic heterocycles. The SMILES string of the molecule is Cc1cccc(N2CCN(C(=O)CNC(C)c3ccccc3)CC2)c1C. The molecule has 0 aliphatic carbocycles. The maximum Gasteiger partial charge on any atom is 0.236 e. The van der Waals surface area contributed by atoms with Gasteiger partial charge in [0.05, 0.1) is 6.54 Å². The van der Waals surface area contributed by atoms with Crippen LogP contribution < -0.4 is 10.2 Å². The molecule has 138 valence electrons. The second-order valence-corrected chi connectivity index (χ2v) is 7.10. The summed E-state index contributed by atoms with van der Waals surface area (Å²) in [6.07, 6.45) is 0. The Morgan fingerprint density at radius 1 is 1.00 bits per heavy atom. The lowest BCUT2D eigenvalue weighted by Gasteiger charge is -2.37. The van der Waals surface area contributed by atoms with Crippen molar-refractivity contribution >= 4 is 11.6 Å². The first kappa shape index (κ1) is 18.5. The number of nitrogens with one attached hydrogen (secondary N) is 1. The summed E-state index contributed by atoms with van der Waals surface area (Å²) in [6.45, 7) is 10.2. The van der Waals surface area contributed by atoms with Crippen LogP contribution in [0.1, 0.15) is 29.7 Å². The molecule has 3 rings (SSSR count). The van der Waals surface area contributed by atoms with E-state index in [1.54, 1.807) is 0 Å². The fourth-order valence-electron chi connectivity index (χ4n) is 3.49. The average molecular weight is 351 g/mol. The van der Waals surface area contributed by atoms with E-state index in [0.29, 0.717) is 6.54 Å². The van der Waals surface area contributed by atoms with Crippen LogP contribution in [-0.4, -0.2) is 43.5 Å². The largest absolute Gasteiger partial charge is 0.368 e. The van der Waals surface area contributed by atoms with Crippen molar-refractivity contribution in [2.75, 3.05) is 37.6 Å². The van der Waals surface area contributed by atoms with E-state index in [2.05, 4.69) is 61.3 Å². The highest BCUT2D eigenvalue weighted by molar-refractivity contribution is 5.78. The standard InChI is InChI=1S/C22H29N3O/c1-17-8-7-11-21(18(17)2)24-12-14-25(15-13-24)22(26)16-23-19(3)20-9-5-4-6-10-20/h4-11,19,23H,12-16H2,1-3H3. The smallest absolute Gasteiger partial charge is 0.236 e. The summed E-state index contributed by atoms with van der Waals surface area (Å²) < 4.78 is 0. The lowest BCUT2D eigenvalue weighted by atomic mass is 10.1. The minimum Gasteiger partial charge on any atom is -0.368 e. The van der Waals surface area contributed by atoms with Crippen molar-refractivity contribution in [2.45, 2.75) is 26.8 Å². The highest BCUT2D eigenvalue weighted by atomic mass is 16.2. The van der Waals surface area contributed by atoms with Gasteiger partial charge in [-0.15, -0.1) is 0 Å². The summed E-state index contributed by atoms with van der Waals surface area (Å²) in [4.78, 5) is 16.9. The third kappa shape index (κ3) is 4.25. The fraction of sp³-hybridized carbons (Fsp3) is 0.409. The van der Waals surface area contributed by atoms with Gasteiger partial charge in [0.15, 0.2) is 0 Å². The Morgan fingerprint density at radius 2 is 1.69 bits per heavy atom. The Hall–Kier alpha value is -2.33. The van der Waals surface area contributed by atoms with Crippen LogP contribution in [0.15, 0.2) is 48.5 Å². The van der Waals surface area contributed by atoms with Gasteiger partial charge in [0.1, 0.15) is 0 Å². The number of nitrogens with zero attached hydrogens (tertiary/aromatic N) is 2. The molecule has 2 aromatic rings. The van der Waals surface area contributed by atoms with Crippen molar-refractivity contribution in [3.05, 3.63) is 65.2 Å². The summed E-state index contributed by atoms with van der Waals surface area (Å²) in [7, 11) is 0. The lowest BCUT2D eigenvalue weighted by molar-refractivity contribution is -0.130. The third-order valence-corrected chi connectivity index (χ3v) is 5.41. The highest BCUT2D eigenvalue weighted by Gasteiger charge is 2.22. The number of piperazine rings is 1. The number of amides is 1. The van der Waals surface area contributed by atoms with E-state index < -0.39 is 0 Å². The van der Waals surface area contributed by atoms with Crippen LogP contribution in [0, 0.1) is 13.8 Å². The van der Waals surface area contributed by atoms with Crippen LogP contribution in [0.2, 0.25) is 0 Å². The van der Waals surface area contributed by atoms with Gasteiger partial charge in [0, 0.05) is 37.9 Å². The lowest BCUT2D eigenvalue weighted by Crippen LogP contribution is -2.51. The molecular weight excluding hydrogens is 322 g/mol. The molecule has 1 saturated heterocycles. The molecule has 1 atom stereocenters. The zero-order valence-electron chi connectivity index (χ0n) is 16.0. The van der Waals surface area contributed by atoms with Gasteiger partial charge in [-0.1, -0.05) is 42.5 Å². The predicted octanol–water partition coefficient (Wildman–Crippen LogP) is 3.30. The zero-order chi connectivity index (χ0) is 18.5. The summed E-state index contributed by atoms with van der Waals surface area (Å²) in [5.41, 5.74) is 5.17. The van der Waals surface area contributed by atoms with Gasteiger partial charge in [0.25, 0.3) is 0 Å². The van der Waals surface area contributed by atoms with Crippen molar-refractivity contribution in [3.63, 3.8) is 0 Å². The van der Waals surface area contributed by atoms with E-state index in [1.165, 1.54) is 22.4 Å². The van der Waals surface area contributed by atoms with Crippen LogP contribution in [0.5, 0.6) is 0 Å². The second kappa shape index (κ2) is 8.37. The van der Waals surface area contributed by atoms with Crippen LogP contribution in [0.3, 0.4) is 0 Å². The Bertz CT molecular complexity index is 736. The van der Waals surface area contributed by atoms with Crippen LogP contribution >= 0.6 is 0 Å². The molecule has 0 spiro atoms. The minimum atomic E-state index is 0.177. The van der Waals surface area contributed by atoms with E-state index in [-0.39, 0.29) is 11.9 Å². The number of aryl methyl sites for hydroxylation is 1. The van der Waals surface area contributed by atoms with Crippen molar-refractivity contribution in [1.82, 2.24) is 10.2 Å². The number of anilines is 1. The summed E-state index contributed by atoms with van der Waals surface area (Å²) in [5.74, 6) is 0.188. The quantitative estimate of drug-likeness (QED) is 0.898. The van der Waals surface area contributed by atoms with Crippen molar-refractivity contribution < 1.29 is 4.79 Å². The Balaban J connectivity index is 1.50. The first-order chi connectivity index (χ1) is 12.6. The van der Waals surface area contributed by atoms with Crippen LogP contribution in [0.4, 0.5) is 5.69 Å². The molecule has 0 radical (unpaired) electrons. The molecule has 1 amide bonds. The molecule has 1 aliphatic heterocycles. The number of hydrogen-bond acceptors (Lipinski definition) is 3. The highest BCUT2D eigenvalue weighted by Crippen LogP contribution is 2.23. The van der Waals surface area contributed by atoms with E-state index in [4.69, 9.17) is 0 Å². The maximum absolute atomic E-state index is 12.5. The number of carbonyl (C=O) groups excluding carboxylic acids is 1. The van der Waals surface area contributed by atoms with E-state index in [1.807, 2.05) is 23.1 Å². The number of carbonyl (C=O) groups is 1. The van der Waals surface area contributed by atoms with Gasteiger partial charge in [0.2, 0.25) is 5.91 Å². The van der Waals surface area contributed by atoms with Gasteiger partial charge >= 0.3 is 0 Å². The van der Waals surface area contributed by atoms with Crippen LogP contribution in [-0.2, 0) is 4.79 Å². The fourth-order valence-corrected chi connectivity index (χ4v) is 3.49. The first-order valence-corrected chi connectivity index (χ1v) is 9.43. The molecule has 26 heavy (non-hydrogen) atoms. The maximum atomic E-state index is 12.5. The topological polar surface area (TPSA) is 35.6 Å². The summed E-state index contributed by atoms with van der Waals surface area (Å²) in [6, 6.07) is 16.9. The molecule has 0 saturated carbocycles. The van der Waals surface area contributed by atoms with Gasteiger partial charge in [-0.3, -0.25) is 4.79 Å². The third-order valence-electron chi connectivity index (χ3n) is 5.41. The van der Waals surface area contributed by atoms with Gasteiger partial charge in [-0.25, -0.2) is 0 Å². The molecule has 4 heteroatoms. The summed E-state index contributed by atoms with van der Waals surface area (Å²) >= 11 is 0. The molecule has 1 aliphatic rings. The Labute approximate surface area is 156 Å². The number of rotatable bonds is 5. The molecule has 2 aromatic carbocycles. The zero-order valence-corrected chi connectivity index (χ0v) is 16.0. The van der Waals surface area contributed by atoms with Crippen molar-refractivity contribution in [2.24, 2.45) is 0 Å². The van der Waals surface area contributed by atoms with Gasteiger partial charge in [-0.2, -0.15) is 0 Å². The molecular formula is C22H29N3O. The molecule has 1 unspecified atom stereocenters. The van der Waals surface area contributed by atoms with Gasteiger partial charge < -0.3 is 15.1 Å². The van der Waals surface area contributed by atoms with E-state index in [9.17, 15) is 4.79 Å². The normalized spacial score (nSPS) is 15.8. The molecule has 4 nitrogen and oxygen atoms in total. The second-order valence-electron chi connectivity index (χ2n) is 7.10. The van der Waals surface area contributed by atoms with Crippen molar-refractivity contribution in [1.29, 1.82) is 0 Å². The van der Waals surface area contributed by atoms with E-state index >= 15 is 0 Å². The van der Waals surface area contributed by atoms with Crippen molar-refractivity contribution in [3.8, 4) is 0 Å². The summed E-state index contributed by atoms with van der Waals surface area (Å²) in [5, 5.41) is 3.35. The van der Waals surface area contributed by atoms with Crippen LogP contribution in [0.25, 0.3) is 0 Å². The monoisotopic (exact) mass is 351 g/mol. The van der Waals surface area contributed by atoms with E-state index in [0.717, 1.165) is 26.2 Å². The Morgan fingerprint density at radius 3 is 2.38 bits per heavy atom. The predicted molar refractivity (Wildman–Crippen MR) is 108 cm³/mol. The minimum absolute atomic E-state index is 0.177. The average Bonchev–Trinajstić information content (AvgIpc) is 2.69. The Kier molecular flexibility index (Phi) is 5.94. The first-order valence-electron chi connectivity index (χ1n) is 9.43. The molecule has 0 bridgehead atoms. The van der Waals surface area contributed by atoms with Gasteiger partial charge in [-0.05, 0) is 43.5 Å². The molecule has 1 fully saturated rings. The molecule has 1 N–H and O–H groups in total. The molecule has 1 heterocycles. The number of benzene rings is 2.